The Kier molecular flexibility index (Phi) is 4.50. The zero-order valence-electron chi connectivity index (χ0n) is 12.6. The van der Waals surface area contributed by atoms with E-state index in [0.717, 1.165) is 6.42 Å². The maximum atomic E-state index is 11.0. The summed E-state index contributed by atoms with van der Waals surface area (Å²) in [5.74, 6) is -0.600. The van der Waals surface area contributed by atoms with Crippen LogP contribution in [0.15, 0.2) is 36.5 Å². The largest absolute Gasteiger partial charge is 0.288 e. The first kappa shape index (κ1) is 15.4. The first-order chi connectivity index (χ1) is 11.2. The van der Waals surface area contributed by atoms with Crippen molar-refractivity contribution in [2.24, 2.45) is 0 Å². The van der Waals surface area contributed by atoms with Crippen LogP contribution in [0.5, 0.6) is 0 Å². The third-order valence-corrected chi connectivity index (χ3v) is 4.71. The molecule has 1 aromatic carbocycles. The molecule has 0 saturated carbocycles. The van der Waals surface area contributed by atoms with Crippen LogP contribution in [0.1, 0.15) is 23.1 Å². The highest BCUT2D eigenvalue weighted by atomic mass is 32.1. The Morgan fingerprint density at radius 2 is 2.26 bits per heavy atom. The van der Waals surface area contributed by atoms with Crippen LogP contribution in [-0.4, -0.2) is 26.1 Å². The molecule has 3 aromatic rings. The highest BCUT2D eigenvalue weighted by Gasteiger charge is 2.11. The zero-order chi connectivity index (χ0) is 16.2. The van der Waals surface area contributed by atoms with Gasteiger partial charge in [-0.25, -0.2) is 10.2 Å². The van der Waals surface area contributed by atoms with Crippen LogP contribution in [0.2, 0.25) is 0 Å². The average Bonchev–Trinajstić information content (AvgIpc) is 3.16. The Bertz CT molecular complexity index is 866. The average molecular weight is 328 g/mol. The van der Waals surface area contributed by atoms with E-state index in [9.17, 15) is 4.79 Å². The second-order valence-corrected chi connectivity index (χ2v) is 6.14. The number of thiophene rings is 1. The van der Waals surface area contributed by atoms with Gasteiger partial charge in [0.2, 0.25) is 0 Å². The van der Waals surface area contributed by atoms with Crippen molar-refractivity contribution in [1.82, 2.24) is 20.5 Å². The van der Waals surface area contributed by atoms with E-state index in [2.05, 4.69) is 35.4 Å². The van der Waals surface area contributed by atoms with E-state index in [-0.39, 0.29) is 0 Å². The number of amides is 1. The normalized spacial score (nSPS) is 11.4. The molecular weight excluding hydrogens is 312 g/mol. The smallest absolute Gasteiger partial charge is 0.267 e. The molecule has 2 aromatic heterocycles. The van der Waals surface area contributed by atoms with Crippen LogP contribution in [0.25, 0.3) is 16.2 Å². The molecule has 2 heterocycles. The van der Waals surface area contributed by atoms with Crippen LogP contribution in [0, 0.1) is 0 Å². The number of nitrogens with one attached hydrogen (secondary N) is 1. The van der Waals surface area contributed by atoms with Crippen molar-refractivity contribution in [1.29, 1.82) is 0 Å². The number of hydrogen-bond donors (Lipinski definition) is 2. The van der Waals surface area contributed by atoms with E-state index in [1.165, 1.54) is 38.2 Å². The van der Waals surface area contributed by atoms with Gasteiger partial charge in [-0.15, -0.1) is 16.4 Å². The minimum absolute atomic E-state index is 0.563. The van der Waals surface area contributed by atoms with Crippen LogP contribution in [0.3, 0.4) is 0 Å². The number of aromatic nitrogens is 3. The minimum Gasteiger partial charge on any atom is -0.288 e. The van der Waals surface area contributed by atoms with E-state index in [4.69, 9.17) is 5.21 Å². The first-order valence-corrected chi connectivity index (χ1v) is 8.04. The Morgan fingerprint density at radius 1 is 1.43 bits per heavy atom. The molecule has 0 bridgehead atoms. The lowest BCUT2D eigenvalue weighted by Crippen LogP contribution is -2.14. The highest BCUT2D eigenvalue weighted by molar-refractivity contribution is 7.19. The molecule has 3 rings (SSSR count). The molecule has 0 aliphatic heterocycles. The fourth-order valence-corrected chi connectivity index (χ4v) is 3.76. The Labute approximate surface area is 137 Å². The number of fused-ring (bicyclic) bond motifs is 1. The molecule has 0 saturated heterocycles. The van der Waals surface area contributed by atoms with Gasteiger partial charge < -0.3 is 0 Å². The van der Waals surface area contributed by atoms with E-state index >= 15 is 0 Å². The lowest BCUT2D eigenvalue weighted by molar-refractivity contribution is -0.124. The predicted molar refractivity (Wildman–Crippen MR) is 89.3 cm³/mol. The second-order valence-electron chi connectivity index (χ2n) is 5.00. The molecule has 2 N–H and O–H groups in total. The second kappa shape index (κ2) is 6.72. The standard InChI is InChI=1S/C16H16N4O2S/c1-2-12-13-5-3-4-6-14(13)23-15(12)10-20-9-11(17-19-20)7-8-16(21)18-22/h3-9,22H,2,10H2,1H3,(H,18,21). The lowest BCUT2D eigenvalue weighted by Gasteiger charge is -2.01. The van der Waals surface area contributed by atoms with Crippen LogP contribution in [-0.2, 0) is 17.8 Å². The molecule has 23 heavy (non-hydrogen) atoms. The number of nitrogens with zero attached hydrogens (tertiary/aromatic N) is 3. The number of rotatable bonds is 5. The quantitative estimate of drug-likeness (QED) is 0.429. The van der Waals surface area contributed by atoms with Gasteiger partial charge in [-0.1, -0.05) is 30.3 Å². The summed E-state index contributed by atoms with van der Waals surface area (Å²) in [6, 6.07) is 8.39. The predicted octanol–water partition coefficient (Wildman–Crippen LogP) is 2.62. The molecule has 1 amide bonds. The summed E-state index contributed by atoms with van der Waals surface area (Å²) in [5, 5.41) is 17.8. The number of aryl methyl sites for hydroxylation is 1. The number of hydroxylamine groups is 1. The molecule has 0 aliphatic carbocycles. The van der Waals surface area contributed by atoms with E-state index in [1.807, 2.05) is 6.07 Å². The molecule has 118 valence electrons. The maximum Gasteiger partial charge on any atom is 0.267 e. The number of carbonyl (C=O) groups excluding carboxylic acids is 1. The summed E-state index contributed by atoms with van der Waals surface area (Å²) >= 11 is 1.77. The van der Waals surface area contributed by atoms with E-state index in [0.29, 0.717) is 12.2 Å². The summed E-state index contributed by atoms with van der Waals surface area (Å²) in [6.07, 6.45) is 5.44. The van der Waals surface area contributed by atoms with Gasteiger partial charge in [0.1, 0.15) is 5.69 Å². The molecule has 0 unspecified atom stereocenters. The van der Waals surface area contributed by atoms with Gasteiger partial charge in [-0.05, 0) is 29.5 Å². The molecule has 0 aliphatic rings. The van der Waals surface area contributed by atoms with Crippen LogP contribution >= 0.6 is 11.3 Å². The van der Waals surface area contributed by atoms with Crippen molar-refractivity contribution >= 4 is 33.4 Å². The number of hydrogen-bond acceptors (Lipinski definition) is 5. The summed E-state index contributed by atoms with van der Waals surface area (Å²) < 4.78 is 3.03. The topological polar surface area (TPSA) is 80.0 Å². The molecule has 0 fully saturated rings. The summed E-state index contributed by atoms with van der Waals surface area (Å²) in [5.41, 5.74) is 3.44. The number of carbonyl (C=O) groups is 1. The monoisotopic (exact) mass is 328 g/mol. The minimum atomic E-state index is -0.600. The summed E-state index contributed by atoms with van der Waals surface area (Å²) in [6.45, 7) is 2.80. The van der Waals surface area contributed by atoms with E-state index < -0.39 is 5.91 Å². The van der Waals surface area contributed by atoms with Gasteiger partial charge in [0.25, 0.3) is 5.91 Å². The Balaban J connectivity index is 1.84. The van der Waals surface area contributed by atoms with Gasteiger partial charge in [0.05, 0.1) is 12.7 Å². The third-order valence-electron chi connectivity index (χ3n) is 3.51. The van der Waals surface area contributed by atoms with Crippen molar-refractivity contribution < 1.29 is 10.0 Å². The molecule has 0 atom stereocenters. The van der Waals surface area contributed by atoms with Crippen molar-refractivity contribution in [3.63, 3.8) is 0 Å². The first-order valence-electron chi connectivity index (χ1n) is 7.22. The maximum absolute atomic E-state index is 11.0. The molecule has 0 radical (unpaired) electrons. The molecule has 7 heteroatoms. The van der Waals surface area contributed by atoms with Gasteiger partial charge >= 0.3 is 0 Å². The molecule has 6 nitrogen and oxygen atoms in total. The van der Waals surface area contributed by atoms with Crippen molar-refractivity contribution in [3.05, 3.63) is 52.7 Å². The highest BCUT2D eigenvalue weighted by Crippen LogP contribution is 2.32. The molecule has 0 spiro atoms. The van der Waals surface area contributed by atoms with Crippen LogP contribution in [0.4, 0.5) is 0 Å². The zero-order valence-corrected chi connectivity index (χ0v) is 13.4. The van der Waals surface area contributed by atoms with Gasteiger partial charge in [0, 0.05) is 15.7 Å². The van der Waals surface area contributed by atoms with Gasteiger partial charge in [0.15, 0.2) is 0 Å². The summed E-state index contributed by atoms with van der Waals surface area (Å²) in [4.78, 5) is 12.2. The molecular formula is C16H16N4O2S. The van der Waals surface area contributed by atoms with Gasteiger partial charge in [-0.2, -0.15) is 0 Å². The SMILES string of the molecule is CCc1c(Cn2cc(C=CC(=O)NO)nn2)sc2ccccc12. The fraction of sp³-hybridized carbons (Fsp3) is 0.188. The van der Waals surface area contributed by atoms with Gasteiger partial charge in [-0.3, -0.25) is 10.0 Å². The fourth-order valence-electron chi connectivity index (χ4n) is 2.48. The van der Waals surface area contributed by atoms with Crippen molar-refractivity contribution in [2.75, 3.05) is 0 Å². The number of benzene rings is 1. The Hall–Kier alpha value is -2.51. The summed E-state index contributed by atoms with van der Waals surface area (Å²) in [7, 11) is 0. The third kappa shape index (κ3) is 3.30. The van der Waals surface area contributed by atoms with Crippen molar-refractivity contribution in [2.45, 2.75) is 19.9 Å². The van der Waals surface area contributed by atoms with Crippen molar-refractivity contribution in [3.8, 4) is 0 Å². The Morgan fingerprint density at radius 3 is 3.04 bits per heavy atom. The van der Waals surface area contributed by atoms with E-state index in [1.54, 1.807) is 22.2 Å². The lowest BCUT2D eigenvalue weighted by atomic mass is 10.1. The van der Waals surface area contributed by atoms with Crippen LogP contribution < -0.4 is 5.48 Å².